The smallest absolute Gasteiger partial charge is 0.255 e. The molecule has 1 amide bonds. The van der Waals surface area contributed by atoms with Crippen molar-refractivity contribution in [3.63, 3.8) is 0 Å². The summed E-state index contributed by atoms with van der Waals surface area (Å²) in [5, 5.41) is 9.67. The van der Waals surface area contributed by atoms with Gasteiger partial charge in [0.15, 0.2) is 0 Å². The molecule has 5 heteroatoms. The van der Waals surface area contributed by atoms with Crippen molar-refractivity contribution in [1.29, 1.82) is 0 Å². The third kappa shape index (κ3) is 3.89. The van der Waals surface area contributed by atoms with Crippen molar-refractivity contribution in [1.82, 2.24) is 9.88 Å². The van der Waals surface area contributed by atoms with E-state index in [4.69, 9.17) is 0 Å². The molecule has 1 unspecified atom stereocenters. The molecule has 3 rings (SSSR count). The zero-order chi connectivity index (χ0) is 17.1. The van der Waals surface area contributed by atoms with Crippen molar-refractivity contribution in [3.8, 4) is 0 Å². The van der Waals surface area contributed by atoms with Crippen LogP contribution in [0.15, 0.2) is 18.3 Å². The van der Waals surface area contributed by atoms with Gasteiger partial charge in [0.1, 0.15) is 5.82 Å². The van der Waals surface area contributed by atoms with Crippen LogP contribution in [0.3, 0.4) is 0 Å². The second kappa shape index (κ2) is 7.51. The summed E-state index contributed by atoms with van der Waals surface area (Å²) in [6.45, 7) is 7.68. The van der Waals surface area contributed by atoms with Crippen molar-refractivity contribution in [3.05, 3.63) is 23.9 Å². The second-order valence-electron chi connectivity index (χ2n) is 7.44. The average molecular weight is 331 g/mol. The number of carbonyl (C=O) groups is 1. The Bertz CT molecular complexity index is 542. The summed E-state index contributed by atoms with van der Waals surface area (Å²) in [5.41, 5.74) is 0.666. The molecule has 0 bridgehead atoms. The number of hydrogen-bond donors (Lipinski definition) is 1. The van der Waals surface area contributed by atoms with E-state index in [1.807, 2.05) is 24.0 Å². The Labute approximate surface area is 144 Å². The number of hydrogen-bond acceptors (Lipinski definition) is 4. The minimum Gasteiger partial charge on any atom is -0.393 e. The van der Waals surface area contributed by atoms with E-state index in [1.54, 1.807) is 6.20 Å². The Morgan fingerprint density at radius 2 is 1.83 bits per heavy atom. The molecule has 1 aromatic rings. The van der Waals surface area contributed by atoms with Crippen molar-refractivity contribution < 1.29 is 9.90 Å². The normalized spacial score (nSPS) is 21.8. The number of amides is 1. The van der Waals surface area contributed by atoms with Crippen LogP contribution in [0.5, 0.6) is 0 Å². The number of piperidine rings is 2. The van der Waals surface area contributed by atoms with Gasteiger partial charge in [0.25, 0.3) is 5.91 Å². The molecule has 0 aromatic carbocycles. The highest BCUT2D eigenvalue weighted by molar-refractivity contribution is 5.94. The molecule has 5 nitrogen and oxygen atoms in total. The summed E-state index contributed by atoms with van der Waals surface area (Å²) in [6.07, 6.45) is 5.61. The number of carbonyl (C=O) groups excluding carboxylic acids is 1. The predicted molar refractivity (Wildman–Crippen MR) is 95.2 cm³/mol. The molecule has 2 aliphatic heterocycles. The minimum atomic E-state index is -0.282. The molecule has 3 heterocycles. The summed E-state index contributed by atoms with van der Waals surface area (Å²) in [6, 6.07) is 3.88. The fourth-order valence-electron chi connectivity index (χ4n) is 3.70. The monoisotopic (exact) mass is 331 g/mol. The highest BCUT2D eigenvalue weighted by Gasteiger charge is 2.26. The van der Waals surface area contributed by atoms with Crippen LogP contribution in [0.4, 0.5) is 5.82 Å². The van der Waals surface area contributed by atoms with E-state index in [-0.39, 0.29) is 12.0 Å². The summed E-state index contributed by atoms with van der Waals surface area (Å²) >= 11 is 0. The number of likely N-dealkylation sites (tertiary alicyclic amines) is 1. The fraction of sp³-hybridized carbons (Fsp3) is 0.684. The van der Waals surface area contributed by atoms with E-state index in [0.717, 1.165) is 50.8 Å². The fourth-order valence-corrected chi connectivity index (χ4v) is 3.70. The summed E-state index contributed by atoms with van der Waals surface area (Å²) in [7, 11) is 0. The Morgan fingerprint density at radius 3 is 2.38 bits per heavy atom. The van der Waals surface area contributed by atoms with E-state index in [9.17, 15) is 9.90 Å². The maximum atomic E-state index is 12.6. The Balaban J connectivity index is 1.58. The quantitative estimate of drug-likeness (QED) is 0.925. The molecule has 2 saturated heterocycles. The van der Waals surface area contributed by atoms with Gasteiger partial charge in [-0.05, 0) is 56.6 Å². The molecule has 0 aliphatic carbocycles. The van der Waals surface area contributed by atoms with Gasteiger partial charge in [-0.15, -0.1) is 0 Å². The second-order valence-corrected chi connectivity index (χ2v) is 7.44. The van der Waals surface area contributed by atoms with Gasteiger partial charge in [0, 0.05) is 32.4 Å². The van der Waals surface area contributed by atoms with Crippen molar-refractivity contribution >= 4 is 11.7 Å². The number of anilines is 1. The molecule has 0 radical (unpaired) electrons. The molecule has 1 atom stereocenters. The maximum Gasteiger partial charge on any atom is 0.255 e. The molecule has 1 aromatic heterocycles. The molecule has 0 saturated carbocycles. The lowest BCUT2D eigenvalue weighted by atomic mass is 9.92. The average Bonchev–Trinajstić information content (AvgIpc) is 2.62. The Hall–Kier alpha value is -1.62. The van der Waals surface area contributed by atoms with Crippen LogP contribution in [-0.4, -0.2) is 53.2 Å². The van der Waals surface area contributed by atoms with Crippen LogP contribution < -0.4 is 4.90 Å². The maximum absolute atomic E-state index is 12.6. The highest BCUT2D eigenvalue weighted by atomic mass is 16.3. The van der Waals surface area contributed by atoms with Crippen molar-refractivity contribution in [2.24, 2.45) is 11.8 Å². The van der Waals surface area contributed by atoms with Gasteiger partial charge in [0.05, 0.1) is 11.7 Å². The van der Waals surface area contributed by atoms with Crippen molar-refractivity contribution in [2.75, 3.05) is 31.1 Å². The third-order valence-corrected chi connectivity index (χ3v) is 5.61. The topological polar surface area (TPSA) is 56.7 Å². The van der Waals surface area contributed by atoms with Crippen LogP contribution >= 0.6 is 0 Å². The summed E-state index contributed by atoms with van der Waals surface area (Å²) in [5.74, 6) is 2.15. The zero-order valence-electron chi connectivity index (χ0n) is 14.8. The largest absolute Gasteiger partial charge is 0.393 e. The summed E-state index contributed by atoms with van der Waals surface area (Å²) < 4.78 is 0. The first-order valence-electron chi connectivity index (χ1n) is 9.23. The van der Waals surface area contributed by atoms with Gasteiger partial charge in [-0.25, -0.2) is 4.98 Å². The molecular weight excluding hydrogens is 302 g/mol. The Kier molecular flexibility index (Phi) is 5.39. The summed E-state index contributed by atoms with van der Waals surface area (Å²) in [4.78, 5) is 21.3. The standard InChI is InChI=1S/C19H29N3O2/c1-14-5-9-21(10-6-14)18-4-3-17(13-20-18)19(24)22-11-7-16(8-12-22)15(2)23/h3-4,13-16,23H,5-12H2,1-2H3. The van der Waals surface area contributed by atoms with E-state index in [1.165, 1.54) is 12.8 Å². The van der Waals surface area contributed by atoms with Crippen LogP contribution in [0.25, 0.3) is 0 Å². The van der Waals surface area contributed by atoms with Gasteiger partial charge in [-0.3, -0.25) is 4.79 Å². The van der Waals surface area contributed by atoms with Gasteiger partial charge in [-0.2, -0.15) is 0 Å². The molecular formula is C19H29N3O2. The van der Waals surface area contributed by atoms with Gasteiger partial charge in [-0.1, -0.05) is 6.92 Å². The van der Waals surface area contributed by atoms with Crippen LogP contribution in [0, 0.1) is 11.8 Å². The first-order chi connectivity index (χ1) is 11.5. The van der Waals surface area contributed by atoms with Gasteiger partial charge < -0.3 is 14.9 Å². The lowest BCUT2D eigenvalue weighted by Gasteiger charge is -2.33. The highest BCUT2D eigenvalue weighted by Crippen LogP contribution is 2.23. The molecule has 0 spiro atoms. The van der Waals surface area contributed by atoms with Crippen LogP contribution in [0.2, 0.25) is 0 Å². The van der Waals surface area contributed by atoms with Crippen LogP contribution in [-0.2, 0) is 0 Å². The molecule has 1 N–H and O–H groups in total. The number of rotatable bonds is 3. The number of aliphatic hydroxyl groups is 1. The first-order valence-corrected chi connectivity index (χ1v) is 9.23. The van der Waals surface area contributed by atoms with Crippen molar-refractivity contribution in [2.45, 2.75) is 45.6 Å². The minimum absolute atomic E-state index is 0.0605. The molecule has 132 valence electrons. The lowest BCUT2D eigenvalue weighted by Crippen LogP contribution is -2.40. The van der Waals surface area contributed by atoms with Gasteiger partial charge >= 0.3 is 0 Å². The number of aromatic nitrogens is 1. The number of pyridine rings is 1. The van der Waals surface area contributed by atoms with E-state index >= 15 is 0 Å². The van der Waals surface area contributed by atoms with E-state index in [0.29, 0.717) is 11.5 Å². The van der Waals surface area contributed by atoms with Crippen LogP contribution in [0.1, 0.15) is 49.9 Å². The van der Waals surface area contributed by atoms with E-state index < -0.39 is 0 Å². The number of aliphatic hydroxyl groups excluding tert-OH is 1. The zero-order valence-corrected chi connectivity index (χ0v) is 14.8. The number of nitrogens with zero attached hydrogens (tertiary/aromatic N) is 3. The predicted octanol–water partition coefficient (Wildman–Crippen LogP) is 2.55. The first kappa shape index (κ1) is 17.2. The lowest BCUT2D eigenvalue weighted by molar-refractivity contribution is 0.0521. The van der Waals surface area contributed by atoms with E-state index in [2.05, 4.69) is 16.8 Å². The molecule has 2 aliphatic rings. The molecule has 2 fully saturated rings. The van der Waals surface area contributed by atoms with Gasteiger partial charge in [0.2, 0.25) is 0 Å². The third-order valence-electron chi connectivity index (χ3n) is 5.61. The SMILES string of the molecule is CC1CCN(c2ccc(C(=O)N3CCC(C(C)O)CC3)cn2)CC1. The molecule has 24 heavy (non-hydrogen) atoms. The Morgan fingerprint density at radius 1 is 1.17 bits per heavy atom.